The number of benzene rings is 2. The van der Waals surface area contributed by atoms with Gasteiger partial charge in [0.05, 0.1) is 5.56 Å². The third-order valence-electron chi connectivity index (χ3n) is 2.67. The highest BCUT2D eigenvalue weighted by atomic mass is 16.3. The van der Waals surface area contributed by atoms with Gasteiger partial charge in [-0.05, 0) is 35.9 Å². The van der Waals surface area contributed by atoms with Crippen molar-refractivity contribution in [1.29, 1.82) is 0 Å². The van der Waals surface area contributed by atoms with E-state index in [-0.39, 0.29) is 17.1 Å². The van der Waals surface area contributed by atoms with Gasteiger partial charge in [-0.15, -0.1) is 0 Å². The van der Waals surface area contributed by atoms with E-state index >= 15 is 0 Å². The molecule has 5 heteroatoms. The first-order valence-electron chi connectivity index (χ1n) is 5.72. The van der Waals surface area contributed by atoms with E-state index in [1.54, 1.807) is 24.3 Å². The summed E-state index contributed by atoms with van der Waals surface area (Å²) in [4.78, 5) is 11.9. The minimum absolute atomic E-state index is 0.0166. The lowest BCUT2D eigenvalue weighted by Gasteiger charge is -2.07. The Labute approximate surface area is 110 Å². The van der Waals surface area contributed by atoms with E-state index < -0.39 is 5.91 Å². The molecule has 0 aliphatic rings. The highest BCUT2D eigenvalue weighted by molar-refractivity contribution is 6.06. The molecule has 98 valence electrons. The van der Waals surface area contributed by atoms with Crippen LogP contribution in [0.4, 0.5) is 5.69 Å². The first-order chi connectivity index (χ1) is 9.10. The Kier molecular flexibility index (Phi) is 3.68. The molecule has 5 nitrogen and oxygen atoms in total. The average molecular weight is 258 g/mol. The first-order valence-corrected chi connectivity index (χ1v) is 5.72. The fourth-order valence-corrected chi connectivity index (χ4v) is 1.63. The van der Waals surface area contributed by atoms with Crippen molar-refractivity contribution in [2.24, 2.45) is 5.73 Å². The number of carbonyl (C=O) groups is 1. The maximum atomic E-state index is 11.9. The Bertz CT molecular complexity index is 594. The number of carbonyl (C=O) groups excluding carboxylic acids is 1. The van der Waals surface area contributed by atoms with Crippen LogP contribution in [0.5, 0.6) is 11.5 Å². The van der Waals surface area contributed by atoms with E-state index in [2.05, 4.69) is 5.32 Å². The highest BCUT2D eigenvalue weighted by Crippen LogP contribution is 2.23. The number of rotatable bonds is 3. The normalized spacial score (nSPS) is 10.2. The van der Waals surface area contributed by atoms with Gasteiger partial charge < -0.3 is 21.3 Å². The van der Waals surface area contributed by atoms with Gasteiger partial charge in [-0.25, -0.2) is 0 Å². The molecular weight excluding hydrogens is 244 g/mol. The van der Waals surface area contributed by atoms with Crippen LogP contribution in [0.25, 0.3) is 0 Å². The van der Waals surface area contributed by atoms with Crippen molar-refractivity contribution in [2.75, 3.05) is 5.32 Å². The molecule has 0 atom stereocenters. The second kappa shape index (κ2) is 5.41. The zero-order chi connectivity index (χ0) is 13.8. The zero-order valence-electron chi connectivity index (χ0n) is 10.1. The summed E-state index contributed by atoms with van der Waals surface area (Å²) in [6.45, 7) is 0.432. The molecule has 1 amide bonds. The maximum absolute atomic E-state index is 11.9. The van der Waals surface area contributed by atoms with Crippen LogP contribution in [0.2, 0.25) is 0 Å². The fourth-order valence-electron chi connectivity index (χ4n) is 1.63. The lowest BCUT2D eigenvalue weighted by Crippen LogP contribution is -2.12. The van der Waals surface area contributed by atoms with Crippen LogP contribution in [0.3, 0.4) is 0 Å². The molecule has 0 spiro atoms. The summed E-state index contributed by atoms with van der Waals surface area (Å²) in [7, 11) is 0. The number of hydrogen-bond donors (Lipinski definition) is 4. The van der Waals surface area contributed by atoms with Crippen LogP contribution in [0, 0.1) is 0 Å². The standard InChI is InChI=1S/C14H14N2O3/c15-8-9-1-3-10(4-2-9)16-14(19)12-7-11(17)5-6-13(12)18/h1-7,17-18H,8,15H2,(H,16,19). The van der Waals surface area contributed by atoms with Gasteiger partial charge in [-0.3, -0.25) is 4.79 Å². The van der Waals surface area contributed by atoms with Crippen molar-refractivity contribution in [3.63, 3.8) is 0 Å². The molecule has 0 saturated carbocycles. The van der Waals surface area contributed by atoms with Crippen molar-refractivity contribution in [3.05, 3.63) is 53.6 Å². The Morgan fingerprint density at radius 1 is 1.11 bits per heavy atom. The van der Waals surface area contributed by atoms with Crippen molar-refractivity contribution in [2.45, 2.75) is 6.54 Å². The molecule has 0 radical (unpaired) electrons. The number of phenolic OH excluding ortho intramolecular Hbond substituents is 2. The minimum Gasteiger partial charge on any atom is -0.508 e. The van der Waals surface area contributed by atoms with E-state index in [1.807, 2.05) is 0 Å². The van der Waals surface area contributed by atoms with Crippen LogP contribution in [-0.4, -0.2) is 16.1 Å². The number of hydrogen-bond acceptors (Lipinski definition) is 4. The van der Waals surface area contributed by atoms with Gasteiger partial charge in [0.25, 0.3) is 5.91 Å². The van der Waals surface area contributed by atoms with E-state index in [0.29, 0.717) is 12.2 Å². The predicted molar refractivity (Wildman–Crippen MR) is 72.1 cm³/mol. The molecule has 5 N–H and O–H groups in total. The van der Waals surface area contributed by atoms with Crippen molar-refractivity contribution >= 4 is 11.6 Å². The van der Waals surface area contributed by atoms with E-state index in [0.717, 1.165) is 5.56 Å². The van der Waals surface area contributed by atoms with Crippen molar-refractivity contribution < 1.29 is 15.0 Å². The molecule has 2 aromatic carbocycles. The predicted octanol–water partition coefficient (Wildman–Crippen LogP) is 1.81. The fraction of sp³-hybridized carbons (Fsp3) is 0.0714. The molecule has 0 aliphatic heterocycles. The second-order valence-electron chi connectivity index (χ2n) is 4.06. The third-order valence-corrected chi connectivity index (χ3v) is 2.67. The Morgan fingerprint density at radius 2 is 1.79 bits per heavy atom. The summed E-state index contributed by atoms with van der Waals surface area (Å²) < 4.78 is 0. The number of nitrogens with one attached hydrogen (secondary N) is 1. The molecule has 0 unspecified atom stereocenters. The molecule has 19 heavy (non-hydrogen) atoms. The smallest absolute Gasteiger partial charge is 0.259 e. The third kappa shape index (κ3) is 3.02. The van der Waals surface area contributed by atoms with Gasteiger partial charge in [-0.2, -0.15) is 0 Å². The highest BCUT2D eigenvalue weighted by Gasteiger charge is 2.12. The Hall–Kier alpha value is -2.53. The van der Waals surface area contributed by atoms with E-state index in [9.17, 15) is 15.0 Å². The van der Waals surface area contributed by atoms with Gasteiger partial charge in [0.15, 0.2) is 0 Å². The molecule has 0 aliphatic carbocycles. The SMILES string of the molecule is NCc1ccc(NC(=O)c2cc(O)ccc2O)cc1. The average Bonchev–Trinajstić information content (AvgIpc) is 2.42. The van der Waals surface area contributed by atoms with Crippen LogP contribution in [0.15, 0.2) is 42.5 Å². The largest absolute Gasteiger partial charge is 0.508 e. The van der Waals surface area contributed by atoms with Gasteiger partial charge in [-0.1, -0.05) is 12.1 Å². The second-order valence-corrected chi connectivity index (χ2v) is 4.06. The zero-order valence-corrected chi connectivity index (χ0v) is 10.1. The first kappa shape index (κ1) is 12.9. The molecule has 0 bridgehead atoms. The van der Waals surface area contributed by atoms with Crippen LogP contribution < -0.4 is 11.1 Å². The Balaban J connectivity index is 2.18. The van der Waals surface area contributed by atoms with Crippen LogP contribution in [-0.2, 0) is 6.54 Å². The van der Waals surface area contributed by atoms with Gasteiger partial charge in [0.2, 0.25) is 0 Å². The number of anilines is 1. The number of phenols is 2. The summed E-state index contributed by atoms with van der Waals surface area (Å²) in [5.41, 5.74) is 7.04. The quantitative estimate of drug-likeness (QED) is 0.631. The molecule has 0 saturated heterocycles. The monoisotopic (exact) mass is 258 g/mol. The van der Waals surface area contributed by atoms with E-state index in [4.69, 9.17) is 5.73 Å². The minimum atomic E-state index is -0.492. The van der Waals surface area contributed by atoms with Gasteiger partial charge in [0, 0.05) is 12.2 Å². The van der Waals surface area contributed by atoms with Crippen molar-refractivity contribution in [3.8, 4) is 11.5 Å². The number of amides is 1. The topological polar surface area (TPSA) is 95.6 Å². The van der Waals surface area contributed by atoms with E-state index in [1.165, 1.54) is 18.2 Å². The van der Waals surface area contributed by atoms with Gasteiger partial charge in [0.1, 0.15) is 11.5 Å². The summed E-state index contributed by atoms with van der Waals surface area (Å²) in [5.74, 6) is -0.760. The summed E-state index contributed by atoms with van der Waals surface area (Å²) in [5, 5.41) is 21.5. The molecule has 2 rings (SSSR count). The molecular formula is C14H14N2O3. The molecule has 0 fully saturated rings. The van der Waals surface area contributed by atoms with Crippen LogP contribution in [0.1, 0.15) is 15.9 Å². The lowest BCUT2D eigenvalue weighted by atomic mass is 10.1. The van der Waals surface area contributed by atoms with Crippen molar-refractivity contribution in [1.82, 2.24) is 0 Å². The maximum Gasteiger partial charge on any atom is 0.259 e. The summed E-state index contributed by atoms with van der Waals surface area (Å²) in [6.07, 6.45) is 0. The Morgan fingerprint density at radius 3 is 2.42 bits per heavy atom. The number of nitrogens with two attached hydrogens (primary N) is 1. The molecule has 0 aromatic heterocycles. The summed E-state index contributed by atoms with van der Waals surface area (Å²) >= 11 is 0. The molecule has 2 aromatic rings. The van der Waals surface area contributed by atoms with Crippen LogP contribution >= 0.6 is 0 Å². The molecule has 0 heterocycles. The van der Waals surface area contributed by atoms with Gasteiger partial charge >= 0.3 is 0 Å². The lowest BCUT2D eigenvalue weighted by molar-refractivity contribution is 0.102. The number of aromatic hydroxyl groups is 2. The summed E-state index contributed by atoms with van der Waals surface area (Å²) in [6, 6.07) is 10.8.